The topological polar surface area (TPSA) is 40.6 Å². The molecule has 23 heavy (non-hydrogen) atoms. The molecule has 2 heterocycles. The minimum Gasteiger partial charge on any atom is -0.342 e. The lowest BCUT2D eigenvalue weighted by Crippen LogP contribution is -2.51. The Bertz CT molecular complexity index is 490. The van der Waals surface area contributed by atoms with E-state index in [2.05, 4.69) is 0 Å². The highest BCUT2D eigenvalue weighted by Gasteiger charge is 2.50. The molecule has 0 aromatic heterocycles. The number of carbonyl (C=O) groups excluding carboxylic acids is 2. The molecule has 0 aromatic carbocycles. The predicted molar refractivity (Wildman–Crippen MR) is 77.5 cm³/mol. The van der Waals surface area contributed by atoms with Gasteiger partial charge in [0.05, 0.1) is 11.8 Å². The zero-order valence-corrected chi connectivity index (χ0v) is 13.2. The maximum atomic E-state index is 12.8. The van der Waals surface area contributed by atoms with Crippen molar-refractivity contribution in [2.45, 2.75) is 51.1 Å². The number of alkyl halides is 3. The largest absolute Gasteiger partial charge is 0.389 e. The Morgan fingerprint density at radius 3 is 2.61 bits per heavy atom. The Morgan fingerprint density at radius 1 is 1.22 bits per heavy atom. The van der Waals surface area contributed by atoms with Crippen LogP contribution in [-0.2, 0) is 9.59 Å². The highest BCUT2D eigenvalue weighted by molar-refractivity contribution is 5.86. The molecule has 2 saturated heterocycles. The fourth-order valence-electron chi connectivity index (χ4n) is 3.81. The average Bonchev–Trinajstić information content (AvgIpc) is 3.19. The normalized spacial score (nSPS) is 28.7. The molecule has 0 radical (unpaired) electrons. The number of nitrogens with zero attached hydrogens (tertiary/aromatic N) is 2. The van der Waals surface area contributed by atoms with E-state index >= 15 is 0 Å². The quantitative estimate of drug-likeness (QED) is 0.794. The van der Waals surface area contributed by atoms with Crippen molar-refractivity contribution in [1.29, 1.82) is 0 Å². The fraction of sp³-hybridized carbons (Fsp3) is 0.875. The fourth-order valence-corrected chi connectivity index (χ4v) is 3.81. The number of halogens is 3. The minimum atomic E-state index is -4.31. The summed E-state index contributed by atoms with van der Waals surface area (Å²) in [5, 5.41) is 0. The first kappa shape index (κ1) is 16.6. The number of rotatable bonds is 4. The molecule has 0 bridgehead atoms. The summed E-state index contributed by atoms with van der Waals surface area (Å²) in [4.78, 5) is 28.2. The van der Waals surface area contributed by atoms with Crippen molar-refractivity contribution < 1.29 is 22.8 Å². The zero-order valence-electron chi connectivity index (χ0n) is 13.2. The second-order valence-corrected chi connectivity index (χ2v) is 7.26. The molecule has 2 amide bonds. The van der Waals surface area contributed by atoms with E-state index in [0.717, 1.165) is 25.9 Å². The van der Waals surface area contributed by atoms with Crippen molar-refractivity contribution >= 4 is 11.8 Å². The van der Waals surface area contributed by atoms with Crippen LogP contribution < -0.4 is 0 Å². The standard InChI is InChI=1S/C16H23F3N2O2/c17-16(18,19)6-4-13(22)21-9-7-15(11-21)5-1-8-20(14(15)23)10-12-2-3-12/h12H,1-11H2. The second kappa shape index (κ2) is 5.98. The van der Waals surface area contributed by atoms with Gasteiger partial charge in [-0.1, -0.05) is 0 Å². The molecular weight excluding hydrogens is 309 g/mol. The van der Waals surface area contributed by atoms with Crippen LogP contribution >= 0.6 is 0 Å². The highest BCUT2D eigenvalue weighted by Crippen LogP contribution is 2.42. The maximum Gasteiger partial charge on any atom is 0.389 e. The van der Waals surface area contributed by atoms with Crippen molar-refractivity contribution in [3.63, 3.8) is 0 Å². The molecule has 1 spiro atoms. The summed E-state index contributed by atoms with van der Waals surface area (Å²) < 4.78 is 36.8. The van der Waals surface area contributed by atoms with Crippen LogP contribution in [0.4, 0.5) is 13.2 Å². The molecule has 1 saturated carbocycles. The van der Waals surface area contributed by atoms with Gasteiger partial charge in [0.1, 0.15) is 0 Å². The average molecular weight is 332 g/mol. The first-order valence-corrected chi connectivity index (χ1v) is 8.43. The summed E-state index contributed by atoms with van der Waals surface area (Å²) in [6, 6.07) is 0. The van der Waals surface area contributed by atoms with E-state index in [9.17, 15) is 22.8 Å². The van der Waals surface area contributed by atoms with Crippen molar-refractivity contribution in [2.24, 2.45) is 11.3 Å². The van der Waals surface area contributed by atoms with Crippen LogP contribution in [0.15, 0.2) is 0 Å². The molecule has 3 rings (SSSR count). The minimum absolute atomic E-state index is 0.113. The number of hydrogen-bond acceptors (Lipinski definition) is 2. The van der Waals surface area contributed by atoms with Crippen molar-refractivity contribution in [3.8, 4) is 0 Å². The van der Waals surface area contributed by atoms with Crippen LogP contribution in [0.25, 0.3) is 0 Å². The van der Waals surface area contributed by atoms with E-state index in [1.165, 1.54) is 17.7 Å². The Kier molecular flexibility index (Phi) is 4.31. The lowest BCUT2D eigenvalue weighted by Gasteiger charge is -2.39. The molecule has 7 heteroatoms. The third-order valence-electron chi connectivity index (χ3n) is 5.33. The third kappa shape index (κ3) is 3.80. The number of amides is 2. The molecule has 130 valence electrons. The Labute approximate surface area is 134 Å². The van der Waals surface area contributed by atoms with Gasteiger partial charge in [-0.25, -0.2) is 0 Å². The molecule has 1 aliphatic carbocycles. The molecule has 2 aliphatic heterocycles. The van der Waals surface area contributed by atoms with E-state index in [1.54, 1.807) is 0 Å². The molecule has 0 aromatic rings. The summed E-state index contributed by atoms with van der Waals surface area (Å²) in [6.45, 7) is 2.28. The summed E-state index contributed by atoms with van der Waals surface area (Å²) in [5.74, 6) is 0.258. The van der Waals surface area contributed by atoms with Crippen LogP contribution in [0, 0.1) is 11.3 Å². The maximum absolute atomic E-state index is 12.8. The van der Waals surface area contributed by atoms with Gasteiger partial charge in [0.25, 0.3) is 0 Å². The van der Waals surface area contributed by atoms with E-state index in [4.69, 9.17) is 0 Å². The molecular formula is C16H23F3N2O2. The summed E-state index contributed by atoms with van der Waals surface area (Å²) in [7, 11) is 0. The van der Waals surface area contributed by atoms with Gasteiger partial charge in [-0.3, -0.25) is 9.59 Å². The van der Waals surface area contributed by atoms with Gasteiger partial charge < -0.3 is 9.80 Å². The van der Waals surface area contributed by atoms with Crippen molar-refractivity contribution in [1.82, 2.24) is 9.80 Å². The number of carbonyl (C=O) groups is 2. The summed E-state index contributed by atoms with van der Waals surface area (Å²) in [6.07, 6.45) is -1.30. The Hall–Kier alpha value is -1.27. The van der Waals surface area contributed by atoms with Crippen molar-refractivity contribution in [3.05, 3.63) is 0 Å². The monoisotopic (exact) mass is 332 g/mol. The first-order chi connectivity index (χ1) is 10.8. The van der Waals surface area contributed by atoms with Crippen LogP contribution in [0.2, 0.25) is 0 Å². The molecule has 0 N–H and O–H groups in total. The van der Waals surface area contributed by atoms with Crippen LogP contribution in [-0.4, -0.2) is 54.0 Å². The van der Waals surface area contributed by atoms with Crippen molar-refractivity contribution in [2.75, 3.05) is 26.2 Å². The Balaban J connectivity index is 1.58. The van der Waals surface area contributed by atoms with Gasteiger partial charge in [0, 0.05) is 32.6 Å². The van der Waals surface area contributed by atoms with Gasteiger partial charge >= 0.3 is 6.18 Å². The van der Waals surface area contributed by atoms with Gasteiger partial charge in [-0.05, 0) is 38.0 Å². The highest BCUT2D eigenvalue weighted by atomic mass is 19.4. The third-order valence-corrected chi connectivity index (χ3v) is 5.33. The number of piperidine rings is 1. The first-order valence-electron chi connectivity index (χ1n) is 8.43. The van der Waals surface area contributed by atoms with E-state index in [1.807, 2.05) is 4.90 Å². The smallest absolute Gasteiger partial charge is 0.342 e. The zero-order chi connectivity index (χ0) is 16.7. The lowest BCUT2D eigenvalue weighted by molar-refractivity contribution is -0.150. The lowest BCUT2D eigenvalue weighted by atomic mass is 9.78. The van der Waals surface area contributed by atoms with E-state index in [0.29, 0.717) is 25.4 Å². The predicted octanol–water partition coefficient (Wildman–Crippen LogP) is 2.58. The van der Waals surface area contributed by atoms with E-state index in [-0.39, 0.29) is 5.91 Å². The number of hydrogen-bond donors (Lipinski definition) is 0. The van der Waals surface area contributed by atoms with Crippen LogP contribution in [0.1, 0.15) is 44.9 Å². The molecule has 4 nitrogen and oxygen atoms in total. The van der Waals surface area contributed by atoms with Gasteiger partial charge in [-0.15, -0.1) is 0 Å². The molecule has 1 unspecified atom stereocenters. The molecule has 3 fully saturated rings. The van der Waals surface area contributed by atoms with Gasteiger partial charge in [0.2, 0.25) is 11.8 Å². The SMILES string of the molecule is O=C(CCC(F)(F)F)N1CCC2(CCCN(CC3CC3)C2=O)C1. The second-order valence-electron chi connectivity index (χ2n) is 7.26. The summed E-state index contributed by atoms with van der Waals surface area (Å²) in [5.41, 5.74) is -0.541. The van der Waals surface area contributed by atoms with Gasteiger partial charge in [-0.2, -0.15) is 13.2 Å². The molecule has 1 atom stereocenters. The Morgan fingerprint density at radius 2 is 1.96 bits per heavy atom. The molecule has 3 aliphatic rings. The van der Waals surface area contributed by atoms with Crippen LogP contribution in [0.3, 0.4) is 0 Å². The van der Waals surface area contributed by atoms with Gasteiger partial charge in [0.15, 0.2) is 0 Å². The van der Waals surface area contributed by atoms with E-state index < -0.39 is 30.3 Å². The number of likely N-dealkylation sites (tertiary alicyclic amines) is 2. The van der Waals surface area contributed by atoms with Crippen LogP contribution in [0.5, 0.6) is 0 Å². The summed E-state index contributed by atoms with van der Waals surface area (Å²) >= 11 is 0.